The second-order valence-corrected chi connectivity index (χ2v) is 6.58. The Kier molecular flexibility index (Phi) is 4.17. The maximum atomic E-state index is 12.6. The van der Waals surface area contributed by atoms with Crippen LogP contribution in [0.15, 0.2) is 35.2 Å². The summed E-state index contributed by atoms with van der Waals surface area (Å²) in [6.45, 7) is 4.39. The van der Waals surface area contributed by atoms with Gasteiger partial charge < -0.3 is 18.9 Å². The third-order valence-electron chi connectivity index (χ3n) is 5.09. The van der Waals surface area contributed by atoms with E-state index in [4.69, 9.17) is 14.0 Å². The summed E-state index contributed by atoms with van der Waals surface area (Å²) in [6.07, 6.45) is 6.52. The van der Waals surface area contributed by atoms with Crippen LogP contribution < -0.4 is 4.74 Å². The number of pyridine rings is 1. The zero-order valence-corrected chi connectivity index (χ0v) is 14.2. The molecule has 2 aromatic rings. The highest BCUT2D eigenvalue weighted by Gasteiger charge is 2.55. The second kappa shape index (κ2) is 6.48. The summed E-state index contributed by atoms with van der Waals surface area (Å²) >= 11 is 0. The first kappa shape index (κ1) is 16.1. The van der Waals surface area contributed by atoms with Gasteiger partial charge >= 0.3 is 0 Å². The van der Waals surface area contributed by atoms with Gasteiger partial charge in [-0.05, 0) is 18.6 Å². The smallest absolute Gasteiger partial charge is 0.259 e. The van der Waals surface area contributed by atoms with Crippen molar-refractivity contribution in [2.24, 2.45) is 5.92 Å². The van der Waals surface area contributed by atoms with Crippen molar-refractivity contribution in [1.82, 2.24) is 15.0 Å². The van der Waals surface area contributed by atoms with Gasteiger partial charge in [0.15, 0.2) is 0 Å². The number of hydrogen-bond donors (Lipinski definition) is 0. The predicted molar refractivity (Wildman–Crippen MR) is 88.3 cm³/mol. The molecule has 132 valence electrons. The molecule has 1 atom stereocenters. The zero-order chi connectivity index (χ0) is 17.3. The third kappa shape index (κ3) is 2.89. The van der Waals surface area contributed by atoms with Crippen molar-refractivity contribution in [3.63, 3.8) is 0 Å². The molecule has 2 aliphatic rings. The lowest BCUT2D eigenvalue weighted by Gasteiger charge is -2.49. The number of likely N-dealkylation sites (tertiary alicyclic amines) is 1. The van der Waals surface area contributed by atoms with E-state index >= 15 is 0 Å². The van der Waals surface area contributed by atoms with Crippen molar-refractivity contribution in [3.8, 4) is 5.75 Å². The molecular formula is C18H21N3O4. The number of amides is 1. The fraction of sp³-hybridized carbons (Fsp3) is 0.500. The third-order valence-corrected chi connectivity index (χ3v) is 5.09. The quantitative estimate of drug-likeness (QED) is 0.826. The molecule has 2 fully saturated rings. The van der Waals surface area contributed by atoms with Crippen LogP contribution >= 0.6 is 0 Å². The van der Waals surface area contributed by atoms with E-state index in [1.165, 1.54) is 6.20 Å². The van der Waals surface area contributed by atoms with Gasteiger partial charge in [-0.25, -0.2) is 0 Å². The molecule has 4 rings (SSSR count). The normalized spacial score (nSPS) is 21.3. The Balaban J connectivity index is 1.38. The van der Waals surface area contributed by atoms with Crippen LogP contribution in [-0.4, -0.2) is 52.9 Å². The van der Waals surface area contributed by atoms with Gasteiger partial charge in [0.2, 0.25) is 0 Å². The van der Waals surface area contributed by atoms with Crippen molar-refractivity contribution in [1.29, 1.82) is 0 Å². The highest BCUT2D eigenvalue weighted by atomic mass is 16.5. The van der Waals surface area contributed by atoms with Crippen LogP contribution in [0.1, 0.15) is 29.5 Å². The van der Waals surface area contributed by atoms with E-state index < -0.39 is 0 Å². The molecule has 0 radical (unpaired) electrons. The molecule has 1 unspecified atom stereocenters. The van der Waals surface area contributed by atoms with Crippen LogP contribution in [0.25, 0.3) is 0 Å². The lowest BCUT2D eigenvalue weighted by molar-refractivity contribution is -0.122. The highest BCUT2D eigenvalue weighted by molar-refractivity contribution is 5.95. The Hall–Kier alpha value is -2.41. The van der Waals surface area contributed by atoms with Crippen molar-refractivity contribution in [2.45, 2.75) is 25.4 Å². The Morgan fingerprint density at radius 1 is 1.44 bits per heavy atom. The van der Waals surface area contributed by atoms with E-state index in [2.05, 4.69) is 10.1 Å². The molecule has 0 aromatic carbocycles. The highest BCUT2D eigenvalue weighted by Crippen LogP contribution is 2.40. The summed E-state index contributed by atoms with van der Waals surface area (Å²) in [5.41, 5.74) is 0.264. The predicted octanol–water partition coefficient (Wildman–Crippen LogP) is 1.94. The summed E-state index contributed by atoms with van der Waals surface area (Å²) in [5, 5.41) is 3.74. The monoisotopic (exact) mass is 343 g/mol. The molecule has 25 heavy (non-hydrogen) atoms. The first-order chi connectivity index (χ1) is 12.2. The SMILES string of the molecule is CCc1oncc1C(=O)N1CC2(C1)OCCC2COc1cccnc1. The maximum Gasteiger partial charge on any atom is 0.259 e. The summed E-state index contributed by atoms with van der Waals surface area (Å²) in [7, 11) is 0. The minimum absolute atomic E-state index is 0.0360. The lowest BCUT2D eigenvalue weighted by atomic mass is 9.81. The van der Waals surface area contributed by atoms with Gasteiger partial charge in [-0.1, -0.05) is 12.1 Å². The van der Waals surface area contributed by atoms with E-state index in [1.54, 1.807) is 17.3 Å². The summed E-state index contributed by atoms with van der Waals surface area (Å²) in [4.78, 5) is 18.5. The fourth-order valence-corrected chi connectivity index (χ4v) is 3.61. The average Bonchev–Trinajstić information content (AvgIpc) is 3.25. The number of nitrogens with zero attached hydrogens (tertiary/aromatic N) is 3. The van der Waals surface area contributed by atoms with E-state index in [9.17, 15) is 4.79 Å². The topological polar surface area (TPSA) is 77.7 Å². The van der Waals surface area contributed by atoms with Gasteiger partial charge in [-0.3, -0.25) is 9.78 Å². The maximum absolute atomic E-state index is 12.6. The van der Waals surface area contributed by atoms with E-state index in [0.717, 1.165) is 12.2 Å². The largest absolute Gasteiger partial charge is 0.492 e. The van der Waals surface area contributed by atoms with Crippen molar-refractivity contribution in [2.75, 3.05) is 26.3 Å². The molecule has 1 amide bonds. The fourth-order valence-electron chi connectivity index (χ4n) is 3.61. The van der Waals surface area contributed by atoms with Gasteiger partial charge in [0.05, 0.1) is 32.1 Å². The van der Waals surface area contributed by atoms with Gasteiger partial charge in [0, 0.05) is 25.1 Å². The van der Waals surface area contributed by atoms with Crippen molar-refractivity contribution >= 4 is 5.91 Å². The number of carbonyl (C=O) groups is 1. The molecule has 4 heterocycles. The number of aryl methyl sites for hydroxylation is 1. The molecule has 0 aliphatic carbocycles. The Bertz CT molecular complexity index is 740. The van der Waals surface area contributed by atoms with Crippen LogP contribution in [0.5, 0.6) is 5.75 Å². The van der Waals surface area contributed by atoms with Gasteiger partial charge in [-0.2, -0.15) is 0 Å². The minimum atomic E-state index is -0.290. The number of ether oxygens (including phenoxy) is 2. The van der Waals surface area contributed by atoms with Gasteiger partial charge in [0.25, 0.3) is 5.91 Å². The van der Waals surface area contributed by atoms with Gasteiger partial charge in [0.1, 0.15) is 22.7 Å². The molecule has 0 saturated carbocycles. The standard InChI is InChI=1S/C18H21N3O4/c1-2-16-15(9-20-25-16)17(22)21-11-18(12-21)13(5-7-24-18)10-23-14-4-3-6-19-8-14/h3-4,6,8-9,13H,2,5,7,10-12H2,1H3. The summed E-state index contributed by atoms with van der Waals surface area (Å²) in [5.74, 6) is 1.62. The van der Waals surface area contributed by atoms with Crippen molar-refractivity contribution in [3.05, 3.63) is 42.0 Å². The van der Waals surface area contributed by atoms with E-state index in [0.29, 0.717) is 44.0 Å². The number of hydrogen-bond acceptors (Lipinski definition) is 6. The lowest BCUT2D eigenvalue weighted by Crippen LogP contribution is -2.66. The summed E-state index contributed by atoms with van der Waals surface area (Å²) < 4.78 is 17.0. The second-order valence-electron chi connectivity index (χ2n) is 6.58. The molecule has 2 aliphatic heterocycles. The molecule has 7 heteroatoms. The zero-order valence-electron chi connectivity index (χ0n) is 14.2. The van der Waals surface area contributed by atoms with Crippen LogP contribution in [-0.2, 0) is 11.2 Å². The Morgan fingerprint density at radius 2 is 2.32 bits per heavy atom. The number of rotatable bonds is 5. The molecule has 0 bridgehead atoms. The van der Waals surface area contributed by atoms with E-state index in [1.807, 2.05) is 19.1 Å². The van der Waals surface area contributed by atoms with Crippen molar-refractivity contribution < 1.29 is 18.8 Å². The Labute approximate surface area is 145 Å². The van der Waals surface area contributed by atoms with Crippen LogP contribution in [0.2, 0.25) is 0 Å². The van der Waals surface area contributed by atoms with E-state index in [-0.39, 0.29) is 17.4 Å². The number of carbonyl (C=O) groups excluding carboxylic acids is 1. The molecule has 2 saturated heterocycles. The Morgan fingerprint density at radius 3 is 3.08 bits per heavy atom. The number of aromatic nitrogens is 2. The molecule has 7 nitrogen and oxygen atoms in total. The first-order valence-corrected chi connectivity index (χ1v) is 8.61. The van der Waals surface area contributed by atoms with Crippen LogP contribution in [0, 0.1) is 5.92 Å². The molecule has 2 aromatic heterocycles. The molecular weight excluding hydrogens is 322 g/mol. The minimum Gasteiger partial charge on any atom is -0.492 e. The first-order valence-electron chi connectivity index (χ1n) is 8.61. The van der Waals surface area contributed by atoms with Crippen LogP contribution in [0.3, 0.4) is 0 Å². The average molecular weight is 343 g/mol. The molecule has 0 N–H and O–H groups in total. The molecule has 1 spiro atoms. The summed E-state index contributed by atoms with van der Waals surface area (Å²) in [6, 6.07) is 3.74. The van der Waals surface area contributed by atoms with Gasteiger partial charge in [-0.15, -0.1) is 0 Å². The van der Waals surface area contributed by atoms with Crippen LogP contribution in [0.4, 0.5) is 0 Å².